The van der Waals surface area contributed by atoms with E-state index in [4.69, 9.17) is 18.9 Å². The van der Waals surface area contributed by atoms with Crippen LogP contribution in [0.2, 0.25) is 0 Å². The van der Waals surface area contributed by atoms with E-state index in [1.165, 1.54) is 14.2 Å². The van der Waals surface area contributed by atoms with Crippen LogP contribution in [-0.4, -0.2) is 33.9 Å². The van der Waals surface area contributed by atoms with Gasteiger partial charge in [0.15, 0.2) is 24.1 Å². The number of carbonyl (C=O) groups excluding carboxylic acids is 1. The van der Waals surface area contributed by atoms with Crippen molar-refractivity contribution in [2.45, 2.75) is 12.8 Å². The minimum absolute atomic E-state index is 0.0967. The van der Waals surface area contributed by atoms with Crippen molar-refractivity contribution < 1.29 is 23.7 Å². The molecule has 0 aromatic heterocycles. The van der Waals surface area contributed by atoms with Crippen molar-refractivity contribution in [1.29, 1.82) is 0 Å². The zero-order valence-corrected chi connectivity index (χ0v) is 10.7. The van der Waals surface area contributed by atoms with Gasteiger partial charge < -0.3 is 18.9 Å². The molecule has 18 heavy (non-hydrogen) atoms. The normalized spacial score (nSPS) is 13.4. The Balaban J connectivity index is 2.53. The predicted octanol–water partition coefficient (Wildman–Crippen LogP) is 1.82. The van der Waals surface area contributed by atoms with Crippen molar-refractivity contribution in [3.8, 4) is 17.2 Å². The van der Waals surface area contributed by atoms with E-state index in [9.17, 15) is 4.79 Å². The zero-order chi connectivity index (χ0) is 13.1. The van der Waals surface area contributed by atoms with Gasteiger partial charge in [0.25, 0.3) is 0 Å². The Kier molecular flexibility index (Phi) is 3.72. The maximum Gasteiger partial charge on any atom is 0.206 e. The van der Waals surface area contributed by atoms with Gasteiger partial charge in [-0.15, -0.1) is 0 Å². The first kappa shape index (κ1) is 12.7. The van der Waals surface area contributed by atoms with Gasteiger partial charge in [-0.05, 0) is 12.5 Å². The van der Waals surface area contributed by atoms with Crippen LogP contribution in [0.5, 0.6) is 17.2 Å². The second kappa shape index (κ2) is 5.27. The Labute approximate surface area is 106 Å². The predicted molar refractivity (Wildman–Crippen MR) is 64.7 cm³/mol. The highest BCUT2D eigenvalue weighted by Gasteiger charge is 2.28. The first-order chi connectivity index (χ1) is 8.72. The van der Waals surface area contributed by atoms with Crippen LogP contribution in [0.4, 0.5) is 0 Å². The van der Waals surface area contributed by atoms with Gasteiger partial charge in [-0.3, -0.25) is 4.79 Å². The molecule has 1 aromatic rings. The second-order valence-electron chi connectivity index (χ2n) is 3.94. The number of hydrogen-bond donors (Lipinski definition) is 0. The molecule has 1 aliphatic carbocycles. The highest BCUT2D eigenvalue weighted by Crippen LogP contribution is 2.45. The molecule has 5 nitrogen and oxygen atoms in total. The second-order valence-corrected chi connectivity index (χ2v) is 3.94. The van der Waals surface area contributed by atoms with Crippen molar-refractivity contribution in [2.24, 2.45) is 0 Å². The summed E-state index contributed by atoms with van der Waals surface area (Å²) in [5.74, 6) is 1.64. The molecule has 2 rings (SSSR count). The Morgan fingerprint density at radius 3 is 2.50 bits per heavy atom. The number of carbonyl (C=O) groups is 1. The summed E-state index contributed by atoms with van der Waals surface area (Å²) in [4.78, 5) is 11.8. The molecule has 5 heteroatoms. The Morgan fingerprint density at radius 1 is 1.11 bits per heavy atom. The molecule has 98 valence electrons. The van der Waals surface area contributed by atoms with E-state index in [2.05, 4.69) is 0 Å². The van der Waals surface area contributed by atoms with Crippen LogP contribution in [0, 0.1) is 0 Å². The van der Waals surface area contributed by atoms with Gasteiger partial charge in [-0.1, -0.05) is 0 Å². The van der Waals surface area contributed by atoms with Gasteiger partial charge in [0.2, 0.25) is 5.75 Å². The van der Waals surface area contributed by atoms with Gasteiger partial charge in [-0.2, -0.15) is 0 Å². The first-order valence-electron chi connectivity index (χ1n) is 5.65. The molecule has 0 fully saturated rings. The third kappa shape index (κ3) is 2.01. The van der Waals surface area contributed by atoms with Crippen LogP contribution in [0.15, 0.2) is 6.07 Å². The van der Waals surface area contributed by atoms with Crippen molar-refractivity contribution in [1.82, 2.24) is 0 Å². The SMILES string of the molecule is COCOc1c(OC)cc2c(c1OC)CCC2=O. The maximum atomic E-state index is 11.8. The highest BCUT2D eigenvalue weighted by atomic mass is 16.7. The van der Waals surface area contributed by atoms with Gasteiger partial charge in [0.1, 0.15) is 0 Å². The fourth-order valence-electron chi connectivity index (χ4n) is 2.15. The molecular weight excluding hydrogens is 236 g/mol. The number of ketones is 1. The van der Waals surface area contributed by atoms with Gasteiger partial charge >= 0.3 is 0 Å². The lowest BCUT2D eigenvalue weighted by molar-refractivity contribution is 0.0470. The Morgan fingerprint density at radius 2 is 1.89 bits per heavy atom. The number of methoxy groups -OCH3 is 3. The summed E-state index contributed by atoms with van der Waals surface area (Å²) in [6, 6.07) is 1.71. The summed E-state index contributed by atoms with van der Waals surface area (Å²) in [7, 11) is 4.62. The summed E-state index contributed by atoms with van der Waals surface area (Å²) in [5.41, 5.74) is 1.54. The van der Waals surface area contributed by atoms with Crippen LogP contribution in [-0.2, 0) is 11.2 Å². The molecule has 0 bridgehead atoms. The van der Waals surface area contributed by atoms with Crippen molar-refractivity contribution in [3.63, 3.8) is 0 Å². The number of benzene rings is 1. The number of rotatable bonds is 5. The Hall–Kier alpha value is -1.75. The van der Waals surface area contributed by atoms with Crippen LogP contribution in [0.1, 0.15) is 22.3 Å². The van der Waals surface area contributed by atoms with E-state index >= 15 is 0 Å². The van der Waals surface area contributed by atoms with E-state index < -0.39 is 0 Å². The molecule has 1 aliphatic rings. The topological polar surface area (TPSA) is 54.0 Å². The summed E-state index contributed by atoms with van der Waals surface area (Å²) < 4.78 is 21.0. The quantitative estimate of drug-likeness (QED) is 0.748. The van der Waals surface area contributed by atoms with Crippen molar-refractivity contribution >= 4 is 5.78 Å². The molecule has 0 heterocycles. The smallest absolute Gasteiger partial charge is 0.206 e. The van der Waals surface area contributed by atoms with E-state index in [1.54, 1.807) is 13.2 Å². The van der Waals surface area contributed by atoms with E-state index in [0.717, 1.165) is 5.56 Å². The standard InChI is InChI=1S/C13H16O5/c1-15-7-18-13-11(16-2)6-9-8(12(13)17-3)4-5-10(9)14/h6H,4-5,7H2,1-3H3. The van der Waals surface area contributed by atoms with Crippen molar-refractivity contribution in [2.75, 3.05) is 28.1 Å². The maximum absolute atomic E-state index is 11.8. The minimum Gasteiger partial charge on any atom is -0.493 e. The monoisotopic (exact) mass is 252 g/mol. The van der Waals surface area contributed by atoms with E-state index in [1.807, 2.05) is 0 Å². The van der Waals surface area contributed by atoms with Gasteiger partial charge in [0, 0.05) is 24.7 Å². The molecule has 0 unspecified atom stereocenters. The summed E-state index contributed by atoms with van der Waals surface area (Å²) in [5, 5.41) is 0. The molecule has 0 aliphatic heterocycles. The molecule has 0 N–H and O–H groups in total. The van der Waals surface area contributed by atoms with E-state index in [0.29, 0.717) is 35.7 Å². The number of hydrogen-bond acceptors (Lipinski definition) is 5. The van der Waals surface area contributed by atoms with Crippen molar-refractivity contribution in [3.05, 3.63) is 17.2 Å². The molecule has 1 aromatic carbocycles. The molecule has 0 atom stereocenters. The average molecular weight is 252 g/mol. The third-order valence-electron chi connectivity index (χ3n) is 2.95. The summed E-state index contributed by atoms with van der Waals surface area (Å²) >= 11 is 0. The van der Waals surface area contributed by atoms with Gasteiger partial charge in [0.05, 0.1) is 14.2 Å². The summed E-state index contributed by atoms with van der Waals surface area (Å²) in [6.45, 7) is 0.0967. The lowest BCUT2D eigenvalue weighted by atomic mass is 10.1. The number of fused-ring (bicyclic) bond motifs is 1. The average Bonchev–Trinajstić information content (AvgIpc) is 2.76. The fraction of sp³-hybridized carbons (Fsp3) is 0.462. The zero-order valence-electron chi connectivity index (χ0n) is 10.7. The number of Topliss-reactive ketones (excluding diaryl/α,β-unsaturated/α-hetero) is 1. The first-order valence-corrected chi connectivity index (χ1v) is 5.65. The van der Waals surface area contributed by atoms with E-state index in [-0.39, 0.29) is 12.6 Å². The molecule has 0 saturated carbocycles. The van der Waals surface area contributed by atoms with Gasteiger partial charge in [-0.25, -0.2) is 0 Å². The largest absolute Gasteiger partial charge is 0.493 e. The fourth-order valence-corrected chi connectivity index (χ4v) is 2.15. The molecule has 0 saturated heterocycles. The van der Waals surface area contributed by atoms with Crippen LogP contribution in [0.3, 0.4) is 0 Å². The molecular formula is C13H16O5. The Bertz CT molecular complexity index is 467. The minimum atomic E-state index is 0.0967. The molecule has 0 spiro atoms. The highest BCUT2D eigenvalue weighted by molar-refractivity contribution is 6.02. The molecule has 0 amide bonds. The summed E-state index contributed by atoms with van der Waals surface area (Å²) in [6.07, 6.45) is 1.17. The van der Waals surface area contributed by atoms with Crippen LogP contribution in [0.25, 0.3) is 0 Å². The van der Waals surface area contributed by atoms with Crippen LogP contribution < -0.4 is 14.2 Å². The third-order valence-corrected chi connectivity index (χ3v) is 2.95. The lowest BCUT2D eigenvalue weighted by Gasteiger charge is -2.16. The number of ether oxygens (including phenoxy) is 4. The van der Waals surface area contributed by atoms with Crippen LogP contribution >= 0.6 is 0 Å². The molecule has 0 radical (unpaired) electrons. The lowest BCUT2D eigenvalue weighted by Crippen LogP contribution is -2.05.